The molecule has 0 aliphatic heterocycles. The van der Waals surface area contributed by atoms with Crippen molar-refractivity contribution in [2.75, 3.05) is 5.32 Å². The molecule has 2 rings (SSSR count). The Morgan fingerprint density at radius 1 is 1.24 bits per heavy atom. The van der Waals surface area contributed by atoms with E-state index in [9.17, 15) is 0 Å². The Labute approximate surface area is 113 Å². The van der Waals surface area contributed by atoms with Gasteiger partial charge in [0.1, 0.15) is 0 Å². The first-order chi connectivity index (χ1) is 8.06. The Morgan fingerprint density at radius 3 is 2.71 bits per heavy atom. The summed E-state index contributed by atoms with van der Waals surface area (Å²) in [5.41, 5.74) is 2.61. The van der Waals surface area contributed by atoms with Crippen LogP contribution in [0.25, 0.3) is 0 Å². The van der Waals surface area contributed by atoms with Gasteiger partial charge in [0.15, 0.2) is 0 Å². The van der Waals surface area contributed by atoms with Crippen molar-refractivity contribution in [3.05, 3.63) is 28.2 Å². The van der Waals surface area contributed by atoms with Crippen LogP contribution < -0.4 is 5.32 Å². The predicted molar refractivity (Wildman–Crippen MR) is 78.5 cm³/mol. The molecule has 1 nitrogen and oxygen atoms in total. The molecule has 0 bridgehead atoms. The summed E-state index contributed by atoms with van der Waals surface area (Å²) in [5.74, 6) is 1.65. The van der Waals surface area contributed by atoms with Gasteiger partial charge in [-0.25, -0.2) is 0 Å². The Bertz CT molecular complexity index is 389. The van der Waals surface area contributed by atoms with Gasteiger partial charge in [0, 0.05) is 16.2 Å². The standard InChI is InChI=1S/C15H22BrN/c1-10-4-5-11(2)15(8-10)17-14-7-6-13(16)9-12(14)3/h6-7,9-11,15,17H,4-5,8H2,1-3H3. The van der Waals surface area contributed by atoms with Crippen LogP contribution in [0.15, 0.2) is 22.7 Å². The lowest BCUT2D eigenvalue weighted by atomic mass is 9.80. The van der Waals surface area contributed by atoms with Gasteiger partial charge in [-0.05, 0) is 55.4 Å². The molecule has 3 unspecified atom stereocenters. The van der Waals surface area contributed by atoms with Crippen molar-refractivity contribution in [2.24, 2.45) is 11.8 Å². The number of hydrogen-bond acceptors (Lipinski definition) is 1. The van der Waals surface area contributed by atoms with Gasteiger partial charge in [0.05, 0.1) is 0 Å². The van der Waals surface area contributed by atoms with Crippen LogP contribution in [0.5, 0.6) is 0 Å². The Kier molecular flexibility index (Phi) is 4.13. The second kappa shape index (κ2) is 5.43. The molecule has 1 aliphatic rings. The summed E-state index contributed by atoms with van der Waals surface area (Å²) in [6.07, 6.45) is 4.05. The highest BCUT2D eigenvalue weighted by molar-refractivity contribution is 9.10. The zero-order valence-corrected chi connectivity index (χ0v) is 12.5. The summed E-state index contributed by atoms with van der Waals surface area (Å²) in [4.78, 5) is 0. The second-order valence-electron chi connectivity index (χ2n) is 5.61. The fourth-order valence-corrected chi connectivity index (χ4v) is 3.20. The molecule has 2 heteroatoms. The van der Waals surface area contributed by atoms with Crippen LogP contribution in [0.4, 0.5) is 5.69 Å². The summed E-state index contributed by atoms with van der Waals surface area (Å²) >= 11 is 3.52. The molecule has 1 aromatic rings. The Morgan fingerprint density at radius 2 is 2.00 bits per heavy atom. The van der Waals surface area contributed by atoms with Gasteiger partial charge in [-0.2, -0.15) is 0 Å². The average molecular weight is 296 g/mol. The minimum atomic E-state index is 0.638. The molecular weight excluding hydrogens is 274 g/mol. The fraction of sp³-hybridized carbons (Fsp3) is 0.600. The van der Waals surface area contributed by atoms with Crippen molar-refractivity contribution in [1.29, 1.82) is 0 Å². The van der Waals surface area contributed by atoms with E-state index in [0.717, 1.165) is 16.3 Å². The first kappa shape index (κ1) is 12.9. The van der Waals surface area contributed by atoms with E-state index in [0.29, 0.717) is 6.04 Å². The topological polar surface area (TPSA) is 12.0 Å². The van der Waals surface area contributed by atoms with Crippen LogP contribution >= 0.6 is 15.9 Å². The molecule has 0 radical (unpaired) electrons. The van der Waals surface area contributed by atoms with Crippen LogP contribution in [-0.2, 0) is 0 Å². The molecule has 1 aliphatic carbocycles. The molecular formula is C15H22BrN. The summed E-state index contributed by atoms with van der Waals surface area (Å²) in [6.45, 7) is 6.91. The van der Waals surface area contributed by atoms with Crippen molar-refractivity contribution in [3.8, 4) is 0 Å². The van der Waals surface area contributed by atoms with Gasteiger partial charge in [0.25, 0.3) is 0 Å². The third kappa shape index (κ3) is 3.25. The largest absolute Gasteiger partial charge is 0.382 e. The van der Waals surface area contributed by atoms with Crippen molar-refractivity contribution in [2.45, 2.75) is 46.1 Å². The average Bonchev–Trinajstić information content (AvgIpc) is 2.27. The number of rotatable bonds is 2. The lowest BCUT2D eigenvalue weighted by Crippen LogP contribution is -2.33. The van der Waals surface area contributed by atoms with Gasteiger partial charge < -0.3 is 5.32 Å². The molecule has 3 atom stereocenters. The molecule has 0 amide bonds. The summed E-state index contributed by atoms with van der Waals surface area (Å²) in [5, 5.41) is 3.74. The molecule has 94 valence electrons. The van der Waals surface area contributed by atoms with Gasteiger partial charge in [-0.1, -0.05) is 36.2 Å². The number of halogens is 1. The summed E-state index contributed by atoms with van der Waals surface area (Å²) in [7, 11) is 0. The van der Waals surface area contributed by atoms with E-state index in [1.165, 1.54) is 30.5 Å². The molecule has 1 saturated carbocycles. The Balaban J connectivity index is 2.08. The first-order valence-electron chi connectivity index (χ1n) is 6.59. The maximum atomic E-state index is 3.74. The van der Waals surface area contributed by atoms with Gasteiger partial charge in [-0.15, -0.1) is 0 Å². The molecule has 0 saturated heterocycles. The van der Waals surface area contributed by atoms with E-state index < -0.39 is 0 Å². The number of anilines is 1. The summed E-state index contributed by atoms with van der Waals surface area (Å²) in [6, 6.07) is 7.12. The zero-order chi connectivity index (χ0) is 12.4. The van der Waals surface area contributed by atoms with Crippen molar-refractivity contribution in [1.82, 2.24) is 0 Å². The van der Waals surface area contributed by atoms with E-state index in [2.05, 4.69) is 60.2 Å². The number of benzene rings is 1. The molecule has 1 aromatic carbocycles. The van der Waals surface area contributed by atoms with E-state index in [1.807, 2.05) is 0 Å². The summed E-state index contributed by atoms with van der Waals surface area (Å²) < 4.78 is 1.16. The highest BCUT2D eigenvalue weighted by atomic mass is 79.9. The lowest BCUT2D eigenvalue weighted by Gasteiger charge is -2.34. The Hall–Kier alpha value is -0.500. The van der Waals surface area contributed by atoms with E-state index in [1.54, 1.807) is 0 Å². The third-order valence-electron chi connectivity index (χ3n) is 3.99. The van der Waals surface area contributed by atoms with Crippen LogP contribution in [0.2, 0.25) is 0 Å². The second-order valence-corrected chi connectivity index (χ2v) is 6.52. The minimum Gasteiger partial charge on any atom is -0.382 e. The van der Waals surface area contributed by atoms with E-state index in [-0.39, 0.29) is 0 Å². The SMILES string of the molecule is Cc1cc(Br)ccc1NC1CC(C)CCC1C. The van der Waals surface area contributed by atoms with Gasteiger partial charge in [-0.3, -0.25) is 0 Å². The maximum absolute atomic E-state index is 3.74. The van der Waals surface area contributed by atoms with Crippen molar-refractivity contribution < 1.29 is 0 Å². The van der Waals surface area contributed by atoms with Crippen LogP contribution in [0.1, 0.15) is 38.7 Å². The highest BCUT2D eigenvalue weighted by Crippen LogP contribution is 2.31. The number of hydrogen-bond donors (Lipinski definition) is 1. The maximum Gasteiger partial charge on any atom is 0.0372 e. The first-order valence-corrected chi connectivity index (χ1v) is 7.38. The fourth-order valence-electron chi connectivity index (χ4n) is 2.72. The molecule has 17 heavy (non-hydrogen) atoms. The van der Waals surface area contributed by atoms with Crippen LogP contribution in [0, 0.1) is 18.8 Å². The number of aryl methyl sites for hydroxylation is 1. The molecule has 1 N–H and O–H groups in total. The highest BCUT2D eigenvalue weighted by Gasteiger charge is 2.25. The minimum absolute atomic E-state index is 0.638. The monoisotopic (exact) mass is 295 g/mol. The van der Waals surface area contributed by atoms with Crippen LogP contribution in [0.3, 0.4) is 0 Å². The van der Waals surface area contributed by atoms with Crippen molar-refractivity contribution >= 4 is 21.6 Å². The number of nitrogens with one attached hydrogen (secondary N) is 1. The van der Waals surface area contributed by atoms with Crippen molar-refractivity contribution in [3.63, 3.8) is 0 Å². The smallest absolute Gasteiger partial charge is 0.0372 e. The van der Waals surface area contributed by atoms with Gasteiger partial charge in [0.2, 0.25) is 0 Å². The third-order valence-corrected chi connectivity index (χ3v) is 4.48. The van der Waals surface area contributed by atoms with E-state index >= 15 is 0 Å². The predicted octanol–water partition coefficient (Wildman–Crippen LogP) is 4.99. The van der Waals surface area contributed by atoms with E-state index in [4.69, 9.17) is 0 Å². The quantitative estimate of drug-likeness (QED) is 0.810. The molecule has 0 spiro atoms. The zero-order valence-electron chi connectivity index (χ0n) is 11.0. The molecule has 0 heterocycles. The molecule has 1 fully saturated rings. The normalized spacial score (nSPS) is 29.1. The lowest BCUT2D eigenvalue weighted by molar-refractivity contribution is 0.280. The molecule has 0 aromatic heterocycles. The van der Waals surface area contributed by atoms with Crippen LogP contribution in [-0.4, -0.2) is 6.04 Å². The van der Waals surface area contributed by atoms with Gasteiger partial charge >= 0.3 is 0 Å².